The first-order valence-corrected chi connectivity index (χ1v) is 4.54. The van der Waals surface area contributed by atoms with Gasteiger partial charge in [-0.2, -0.15) is 0 Å². The van der Waals surface area contributed by atoms with E-state index in [9.17, 15) is 8.76 Å². The van der Waals surface area contributed by atoms with Gasteiger partial charge in [0.05, 0.1) is 5.60 Å². The second-order valence-electron chi connectivity index (χ2n) is 2.69. The summed E-state index contributed by atoms with van der Waals surface area (Å²) in [6.07, 6.45) is 2.86. The number of hydrogen-bond acceptors (Lipinski definition) is 3. The molecule has 0 saturated heterocycles. The van der Waals surface area contributed by atoms with Crippen molar-refractivity contribution in [3.05, 3.63) is 0 Å². The van der Waals surface area contributed by atoms with E-state index in [1.165, 1.54) is 0 Å². The van der Waals surface area contributed by atoms with Crippen molar-refractivity contribution < 1.29 is 43.1 Å². The van der Waals surface area contributed by atoms with E-state index in [1.54, 1.807) is 7.11 Å². The molecule has 1 aliphatic carbocycles. The summed E-state index contributed by atoms with van der Waals surface area (Å²) in [7, 11) is 1.58. The van der Waals surface area contributed by atoms with E-state index in [4.69, 9.17) is 4.74 Å². The third-order valence-electron chi connectivity index (χ3n) is 2.08. The van der Waals surface area contributed by atoms with Crippen LogP contribution >= 0.6 is 0 Å². The van der Waals surface area contributed by atoms with Gasteiger partial charge in [-0.25, -0.2) is 0 Å². The molecule has 0 aromatic rings. The summed E-state index contributed by atoms with van der Waals surface area (Å²) < 4.78 is 25.7. The molecule has 1 fully saturated rings. The Morgan fingerprint density at radius 1 is 1.64 bits per heavy atom. The van der Waals surface area contributed by atoms with E-state index in [0.717, 1.165) is 19.3 Å². The molecular formula is C6H11NaO3S. The van der Waals surface area contributed by atoms with Crippen LogP contribution in [0.3, 0.4) is 0 Å². The fourth-order valence-corrected chi connectivity index (χ4v) is 2.03. The van der Waals surface area contributed by atoms with Gasteiger partial charge >= 0.3 is 29.6 Å². The van der Waals surface area contributed by atoms with Crippen LogP contribution in [0, 0.1) is 0 Å². The molecule has 0 heterocycles. The molecule has 0 aromatic heterocycles. The van der Waals surface area contributed by atoms with Gasteiger partial charge < -0.3 is 9.29 Å². The van der Waals surface area contributed by atoms with E-state index in [2.05, 4.69) is 0 Å². The van der Waals surface area contributed by atoms with E-state index in [0.29, 0.717) is 0 Å². The Bertz CT molecular complexity index is 141. The third kappa shape index (κ3) is 3.13. The SMILES string of the molecule is COC1(CS(=O)[O-])CCC1.[Na+]. The molecule has 1 unspecified atom stereocenters. The largest absolute Gasteiger partial charge is 1.00 e. The molecule has 60 valence electrons. The maximum absolute atomic E-state index is 10.3. The quantitative estimate of drug-likeness (QED) is 0.360. The van der Waals surface area contributed by atoms with Crippen molar-refractivity contribution in [1.29, 1.82) is 0 Å². The van der Waals surface area contributed by atoms with Crippen LogP contribution in [0.4, 0.5) is 0 Å². The van der Waals surface area contributed by atoms with Gasteiger partial charge in [0, 0.05) is 12.9 Å². The van der Waals surface area contributed by atoms with Crippen molar-refractivity contribution in [1.82, 2.24) is 0 Å². The molecule has 0 amide bonds. The number of ether oxygens (including phenoxy) is 1. The molecular weight excluding hydrogens is 175 g/mol. The number of methoxy groups -OCH3 is 1. The average molecular weight is 186 g/mol. The second kappa shape index (κ2) is 4.94. The molecule has 1 atom stereocenters. The Hall–Kier alpha value is 1.07. The van der Waals surface area contributed by atoms with Crippen LogP contribution in [0.5, 0.6) is 0 Å². The molecule has 1 aliphatic rings. The Balaban J connectivity index is 0.000001000. The van der Waals surface area contributed by atoms with Crippen LogP contribution < -0.4 is 29.6 Å². The topological polar surface area (TPSA) is 49.4 Å². The zero-order valence-corrected chi connectivity index (χ0v) is 9.78. The fourth-order valence-electron chi connectivity index (χ4n) is 1.19. The molecule has 0 aliphatic heterocycles. The van der Waals surface area contributed by atoms with Crippen LogP contribution in [0.1, 0.15) is 19.3 Å². The maximum atomic E-state index is 10.3. The van der Waals surface area contributed by atoms with Crippen molar-refractivity contribution in [3.63, 3.8) is 0 Å². The van der Waals surface area contributed by atoms with Crippen LogP contribution in [-0.4, -0.2) is 27.2 Å². The molecule has 0 N–H and O–H groups in total. The minimum Gasteiger partial charge on any atom is -0.772 e. The Morgan fingerprint density at radius 2 is 2.18 bits per heavy atom. The summed E-state index contributed by atoms with van der Waals surface area (Å²) in [5, 5.41) is 0. The minimum atomic E-state index is -1.96. The van der Waals surface area contributed by atoms with Gasteiger partial charge in [0.25, 0.3) is 0 Å². The molecule has 1 saturated carbocycles. The van der Waals surface area contributed by atoms with Crippen molar-refractivity contribution in [2.75, 3.05) is 12.9 Å². The minimum absolute atomic E-state index is 0. The van der Waals surface area contributed by atoms with Gasteiger partial charge in [-0.05, 0) is 19.3 Å². The Labute approximate surface area is 91.5 Å². The standard InChI is InChI=1S/C6H12O3S.Na/c1-9-6(3-2-4-6)5-10(7)8;/h2-5H2,1H3,(H,7,8);/q;+1/p-1. The van der Waals surface area contributed by atoms with Crippen molar-refractivity contribution >= 4 is 11.1 Å². The molecule has 0 radical (unpaired) electrons. The first kappa shape index (κ1) is 12.1. The van der Waals surface area contributed by atoms with Crippen LogP contribution in [0.25, 0.3) is 0 Å². The first-order valence-electron chi connectivity index (χ1n) is 3.30. The monoisotopic (exact) mass is 186 g/mol. The van der Waals surface area contributed by atoms with Gasteiger partial charge in [-0.3, -0.25) is 4.21 Å². The Kier molecular flexibility index (Phi) is 5.42. The Morgan fingerprint density at radius 3 is 2.27 bits per heavy atom. The number of hydrogen-bond donors (Lipinski definition) is 0. The maximum Gasteiger partial charge on any atom is 1.00 e. The molecule has 0 spiro atoms. The van der Waals surface area contributed by atoms with E-state index < -0.39 is 11.1 Å². The van der Waals surface area contributed by atoms with Crippen LogP contribution in [0.2, 0.25) is 0 Å². The summed E-state index contributed by atoms with van der Waals surface area (Å²) in [6.45, 7) is 0. The molecule has 0 aromatic carbocycles. The van der Waals surface area contributed by atoms with Gasteiger partial charge in [-0.1, -0.05) is 11.1 Å². The zero-order valence-electron chi connectivity index (χ0n) is 6.96. The summed E-state index contributed by atoms with van der Waals surface area (Å²) in [6, 6.07) is 0. The van der Waals surface area contributed by atoms with Gasteiger partial charge in [0.15, 0.2) is 0 Å². The van der Waals surface area contributed by atoms with Crippen LogP contribution in [-0.2, 0) is 15.8 Å². The predicted octanol–water partition coefficient (Wildman–Crippen LogP) is -2.56. The predicted molar refractivity (Wildman–Crippen MR) is 37.4 cm³/mol. The molecule has 1 rings (SSSR count). The second-order valence-corrected chi connectivity index (χ2v) is 3.58. The summed E-state index contributed by atoms with van der Waals surface area (Å²) in [5.74, 6) is 0.156. The van der Waals surface area contributed by atoms with E-state index >= 15 is 0 Å². The van der Waals surface area contributed by atoms with Crippen molar-refractivity contribution in [2.45, 2.75) is 24.9 Å². The van der Waals surface area contributed by atoms with E-state index in [-0.39, 0.29) is 40.9 Å². The van der Waals surface area contributed by atoms with Gasteiger partial charge in [-0.15, -0.1) is 0 Å². The first-order chi connectivity index (χ1) is 4.68. The molecule has 5 heteroatoms. The zero-order chi connectivity index (χ0) is 7.61. The molecule has 3 nitrogen and oxygen atoms in total. The van der Waals surface area contributed by atoms with Crippen molar-refractivity contribution in [3.8, 4) is 0 Å². The normalized spacial score (nSPS) is 23.1. The van der Waals surface area contributed by atoms with E-state index in [1.807, 2.05) is 0 Å². The van der Waals surface area contributed by atoms with Gasteiger partial charge in [0.1, 0.15) is 0 Å². The number of rotatable bonds is 3. The van der Waals surface area contributed by atoms with Crippen molar-refractivity contribution in [2.24, 2.45) is 0 Å². The van der Waals surface area contributed by atoms with Gasteiger partial charge in [0.2, 0.25) is 0 Å². The fraction of sp³-hybridized carbons (Fsp3) is 1.00. The smallest absolute Gasteiger partial charge is 0.772 e. The summed E-state index contributed by atoms with van der Waals surface area (Å²) >= 11 is -1.96. The summed E-state index contributed by atoms with van der Waals surface area (Å²) in [4.78, 5) is 0. The molecule has 11 heavy (non-hydrogen) atoms. The third-order valence-corrected chi connectivity index (χ3v) is 2.84. The summed E-state index contributed by atoms with van der Waals surface area (Å²) in [5.41, 5.74) is -0.327. The molecule has 0 bridgehead atoms. The van der Waals surface area contributed by atoms with Crippen LogP contribution in [0.15, 0.2) is 0 Å². The average Bonchev–Trinajstić information content (AvgIpc) is 1.78.